The number of nitrogens with zero attached hydrogens (tertiary/aromatic N) is 1. The first kappa shape index (κ1) is 7.01. The van der Waals surface area contributed by atoms with E-state index in [0.717, 1.165) is 13.1 Å². The molecular weight excluding hydrogens is 231 g/mol. The van der Waals surface area contributed by atoms with Gasteiger partial charge in [0.25, 0.3) is 0 Å². The fourth-order valence-electron chi connectivity index (χ4n) is 0.484. The molecule has 0 saturated heterocycles. The molecular formula is C5H9IN2O. The number of hydrogen-bond donors (Lipinski definition) is 1. The second-order valence-corrected chi connectivity index (χ2v) is 3.82. The molecule has 52 valence electrons. The van der Waals surface area contributed by atoms with Crippen molar-refractivity contribution in [1.82, 2.24) is 3.11 Å². The van der Waals surface area contributed by atoms with E-state index in [2.05, 4.69) is 3.11 Å². The van der Waals surface area contributed by atoms with Crippen LogP contribution in [-0.2, 0) is 4.74 Å². The lowest BCUT2D eigenvalue weighted by atomic mass is 10.6. The summed E-state index contributed by atoms with van der Waals surface area (Å²) in [6.07, 6.45) is 3.62. The number of ether oxygens (including phenoxy) is 1. The van der Waals surface area contributed by atoms with Crippen LogP contribution in [0.2, 0.25) is 0 Å². The van der Waals surface area contributed by atoms with Crippen molar-refractivity contribution < 1.29 is 4.74 Å². The topological polar surface area (TPSA) is 38.5 Å². The first-order chi connectivity index (χ1) is 4.43. The van der Waals surface area contributed by atoms with E-state index in [4.69, 9.17) is 10.5 Å². The molecule has 1 aliphatic heterocycles. The van der Waals surface area contributed by atoms with E-state index in [1.54, 1.807) is 6.26 Å². The smallest absolute Gasteiger partial charge is 0.139 e. The molecule has 4 heteroatoms. The Balaban J connectivity index is 2.31. The van der Waals surface area contributed by atoms with Crippen molar-refractivity contribution in [2.24, 2.45) is 5.73 Å². The van der Waals surface area contributed by atoms with E-state index in [-0.39, 0.29) is 21.0 Å². The minimum Gasteiger partial charge on any atom is -0.464 e. The normalized spacial score (nSPS) is 16.8. The standard InChI is InChI=1S/C5H9IN2O/c7-1-2-8-3-4-9-5-6-8/h3-5H,1-2,7H2. The Kier molecular flexibility index (Phi) is 2.99. The average Bonchev–Trinajstić information content (AvgIpc) is 1.91. The predicted octanol–water partition coefficient (Wildman–Crippen LogP) is 0.394. The van der Waals surface area contributed by atoms with E-state index in [1.165, 1.54) is 0 Å². The van der Waals surface area contributed by atoms with Crippen LogP contribution >= 0.6 is 21.0 Å². The molecule has 0 aliphatic carbocycles. The summed E-state index contributed by atoms with van der Waals surface area (Å²) in [6.45, 7) is 1.67. The van der Waals surface area contributed by atoms with Crippen molar-refractivity contribution in [3.63, 3.8) is 0 Å². The van der Waals surface area contributed by atoms with Gasteiger partial charge in [0.05, 0.1) is 0 Å². The molecule has 1 rings (SSSR count). The molecule has 0 radical (unpaired) electrons. The van der Waals surface area contributed by atoms with Crippen molar-refractivity contribution in [3.05, 3.63) is 12.5 Å². The van der Waals surface area contributed by atoms with Crippen LogP contribution in [0, 0.1) is 0 Å². The Morgan fingerprint density at radius 2 is 2.56 bits per heavy atom. The molecule has 9 heavy (non-hydrogen) atoms. The van der Waals surface area contributed by atoms with Crippen molar-refractivity contribution in [2.45, 2.75) is 0 Å². The summed E-state index contributed by atoms with van der Waals surface area (Å²) in [5.74, 6) is 0. The Morgan fingerprint density at radius 3 is 3.11 bits per heavy atom. The quantitative estimate of drug-likeness (QED) is 0.560. The Labute approximate surface area is 64.6 Å². The van der Waals surface area contributed by atoms with Crippen LogP contribution in [0.4, 0.5) is 0 Å². The van der Waals surface area contributed by atoms with Crippen molar-refractivity contribution in [3.8, 4) is 0 Å². The lowest BCUT2D eigenvalue weighted by Gasteiger charge is -2.14. The highest BCUT2D eigenvalue weighted by Gasteiger charge is 1.94. The number of rotatable bonds is 2. The summed E-state index contributed by atoms with van der Waals surface area (Å²) < 4.78 is 8.96. The van der Waals surface area contributed by atoms with E-state index in [9.17, 15) is 0 Å². The minimum absolute atomic E-state index is 0.0383. The Morgan fingerprint density at radius 1 is 1.67 bits per heavy atom. The summed E-state index contributed by atoms with van der Waals surface area (Å²) >= 11 is -0.0383. The van der Waals surface area contributed by atoms with Gasteiger partial charge in [-0.05, 0) is 0 Å². The molecule has 0 amide bonds. The van der Waals surface area contributed by atoms with Crippen LogP contribution in [-0.4, -0.2) is 20.4 Å². The van der Waals surface area contributed by atoms with Crippen LogP contribution in [0.25, 0.3) is 0 Å². The molecule has 0 unspecified atom stereocenters. The van der Waals surface area contributed by atoms with Crippen LogP contribution in [0.15, 0.2) is 12.5 Å². The Bertz CT molecular complexity index is 123. The molecule has 2 N–H and O–H groups in total. The molecule has 1 heterocycles. The van der Waals surface area contributed by atoms with Gasteiger partial charge in [0.1, 0.15) is 10.5 Å². The molecule has 0 atom stereocenters. The Hall–Kier alpha value is -0.100. The fraction of sp³-hybridized carbons (Fsp3) is 0.400. The molecule has 0 aromatic carbocycles. The molecule has 0 bridgehead atoms. The summed E-state index contributed by atoms with van der Waals surface area (Å²) in [5.41, 5.74) is 5.35. The molecule has 1 aliphatic rings. The molecule has 0 saturated carbocycles. The lowest BCUT2D eigenvalue weighted by molar-refractivity contribution is 0.487. The average molecular weight is 240 g/mol. The molecule has 0 aromatic heterocycles. The summed E-state index contributed by atoms with van der Waals surface area (Å²) in [4.78, 5) is 0. The van der Waals surface area contributed by atoms with Gasteiger partial charge in [-0.25, -0.2) is 0 Å². The van der Waals surface area contributed by atoms with Gasteiger partial charge in [0.15, 0.2) is 0 Å². The molecule has 0 aromatic rings. The first-order valence-electron chi connectivity index (χ1n) is 2.67. The van der Waals surface area contributed by atoms with E-state index < -0.39 is 0 Å². The van der Waals surface area contributed by atoms with Crippen LogP contribution < -0.4 is 5.73 Å². The monoisotopic (exact) mass is 240 g/mol. The summed E-state index contributed by atoms with van der Waals surface area (Å²) in [5, 5.41) is 0. The highest BCUT2D eigenvalue weighted by molar-refractivity contribution is 14.2. The number of hydrogen-bond acceptors (Lipinski definition) is 3. The number of nitrogens with two attached hydrogens (primary N) is 1. The second kappa shape index (κ2) is 3.84. The van der Waals surface area contributed by atoms with Gasteiger partial charge in [-0.3, -0.25) is 0 Å². The third-order valence-corrected chi connectivity index (χ3v) is 2.90. The lowest BCUT2D eigenvalue weighted by Crippen LogP contribution is -2.17. The van der Waals surface area contributed by atoms with E-state index >= 15 is 0 Å². The highest BCUT2D eigenvalue weighted by Crippen LogP contribution is 2.10. The zero-order valence-corrected chi connectivity index (χ0v) is 7.11. The van der Waals surface area contributed by atoms with Gasteiger partial charge >= 0.3 is 0 Å². The minimum atomic E-state index is -0.0383. The van der Waals surface area contributed by atoms with Crippen LogP contribution in [0.1, 0.15) is 0 Å². The maximum absolute atomic E-state index is 5.35. The van der Waals surface area contributed by atoms with Crippen LogP contribution in [0.5, 0.6) is 0 Å². The van der Waals surface area contributed by atoms with Crippen molar-refractivity contribution in [1.29, 1.82) is 0 Å². The molecule has 3 nitrogen and oxygen atoms in total. The summed E-state index contributed by atoms with van der Waals surface area (Å²) in [6, 6.07) is 0. The SMILES string of the molecule is NCCN1C=COC=I1. The van der Waals surface area contributed by atoms with Crippen LogP contribution in [0.3, 0.4) is 0 Å². The van der Waals surface area contributed by atoms with Gasteiger partial charge in [-0.15, -0.1) is 0 Å². The molecule has 0 spiro atoms. The number of halogens is 1. The summed E-state index contributed by atoms with van der Waals surface area (Å²) in [7, 11) is 0. The van der Waals surface area contributed by atoms with Crippen molar-refractivity contribution in [2.75, 3.05) is 13.1 Å². The van der Waals surface area contributed by atoms with Gasteiger partial charge in [-0.2, -0.15) is 0 Å². The van der Waals surface area contributed by atoms with Gasteiger partial charge in [0.2, 0.25) is 0 Å². The maximum Gasteiger partial charge on any atom is 0.139 e. The largest absolute Gasteiger partial charge is 0.464 e. The van der Waals surface area contributed by atoms with Crippen molar-refractivity contribution >= 4 is 25.2 Å². The zero-order chi connectivity index (χ0) is 6.53. The fourth-order valence-corrected chi connectivity index (χ4v) is 1.95. The first-order valence-corrected chi connectivity index (χ1v) is 4.89. The van der Waals surface area contributed by atoms with E-state index in [0.29, 0.717) is 0 Å². The molecule has 0 fully saturated rings. The van der Waals surface area contributed by atoms with Gasteiger partial charge in [-0.1, -0.05) is 0 Å². The highest BCUT2D eigenvalue weighted by atomic mass is 127. The second-order valence-electron chi connectivity index (χ2n) is 1.52. The third kappa shape index (κ3) is 2.31. The predicted molar refractivity (Wildman–Crippen MR) is 46.1 cm³/mol. The maximum atomic E-state index is 5.35. The van der Waals surface area contributed by atoms with Gasteiger partial charge < -0.3 is 13.6 Å². The third-order valence-electron chi connectivity index (χ3n) is 0.861. The van der Waals surface area contributed by atoms with Gasteiger partial charge in [0, 0.05) is 40.3 Å². The van der Waals surface area contributed by atoms with E-state index in [1.807, 2.05) is 10.4 Å². The zero-order valence-electron chi connectivity index (χ0n) is 4.96.